The highest BCUT2D eigenvalue weighted by Crippen LogP contribution is 2.28. The summed E-state index contributed by atoms with van der Waals surface area (Å²) in [7, 11) is 0.481. The number of sulfonamides is 1. The Balaban J connectivity index is 2.39. The third-order valence-corrected chi connectivity index (χ3v) is 5.77. The van der Waals surface area contributed by atoms with E-state index in [1.54, 1.807) is 25.1 Å². The Morgan fingerprint density at radius 1 is 1.12 bits per heavy atom. The van der Waals surface area contributed by atoms with Gasteiger partial charge in [-0.2, -0.15) is 4.31 Å². The van der Waals surface area contributed by atoms with Gasteiger partial charge in [-0.05, 0) is 31.2 Å². The summed E-state index contributed by atoms with van der Waals surface area (Å²) in [6.07, 6.45) is 0. The van der Waals surface area contributed by atoms with Crippen LogP contribution in [0.1, 0.15) is 11.1 Å². The molecule has 9 heteroatoms. The SMILES string of the molecule is COc1ccc(OC)c(CN(C)S(=O)(=O)c2ccc(C)c([N+](=O)[O-])c2)c1. The second kappa shape index (κ2) is 7.71. The largest absolute Gasteiger partial charge is 0.497 e. The van der Waals surface area contributed by atoms with Crippen molar-refractivity contribution in [2.45, 2.75) is 18.4 Å². The summed E-state index contributed by atoms with van der Waals surface area (Å²) >= 11 is 0. The zero-order valence-electron chi connectivity index (χ0n) is 14.9. The molecule has 2 rings (SSSR count). The van der Waals surface area contributed by atoms with Crippen molar-refractivity contribution in [2.24, 2.45) is 0 Å². The predicted octanol–water partition coefficient (Wildman–Crippen LogP) is 2.74. The highest BCUT2D eigenvalue weighted by atomic mass is 32.2. The van der Waals surface area contributed by atoms with Gasteiger partial charge in [-0.1, -0.05) is 6.07 Å². The number of ether oxygens (including phenoxy) is 2. The highest BCUT2D eigenvalue weighted by Gasteiger charge is 2.25. The number of nitro groups is 1. The first-order valence-corrected chi connectivity index (χ1v) is 9.07. The molecule has 0 saturated carbocycles. The van der Waals surface area contributed by atoms with E-state index in [2.05, 4.69) is 0 Å². The first kappa shape index (κ1) is 19.7. The molecule has 26 heavy (non-hydrogen) atoms. The molecule has 0 N–H and O–H groups in total. The Kier molecular flexibility index (Phi) is 5.83. The number of nitrogens with zero attached hydrogens (tertiary/aromatic N) is 2. The lowest BCUT2D eigenvalue weighted by atomic mass is 10.2. The number of benzene rings is 2. The van der Waals surface area contributed by atoms with Crippen LogP contribution >= 0.6 is 0 Å². The summed E-state index contributed by atoms with van der Waals surface area (Å²) in [5, 5.41) is 11.1. The Morgan fingerprint density at radius 3 is 2.38 bits per heavy atom. The van der Waals surface area contributed by atoms with E-state index in [1.807, 2.05) is 0 Å². The van der Waals surface area contributed by atoms with E-state index in [1.165, 1.54) is 33.4 Å². The fourth-order valence-corrected chi connectivity index (χ4v) is 3.63. The average Bonchev–Trinajstić information content (AvgIpc) is 2.61. The van der Waals surface area contributed by atoms with Crippen LogP contribution in [0.5, 0.6) is 11.5 Å². The molecule has 0 radical (unpaired) electrons. The van der Waals surface area contributed by atoms with Crippen molar-refractivity contribution in [3.8, 4) is 11.5 Å². The van der Waals surface area contributed by atoms with Crippen LogP contribution in [0.25, 0.3) is 0 Å². The van der Waals surface area contributed by atoms with Crippen LogP contribution in [-0.4, -0.2) is 38.9 Å². The predicted molar refractivity (Wildman–Crippen MR) is 96.0 cm³/mol. The highest BCUT2D eigenvalue weighted by molar-refractivity contribution is 7.89. The number of rotatable bonds is 7. The molecule has 0 aliphatic rings. The van der Waals surface area contributed by atoms with E-state index in [9.17, 15) is 18.5 Å². The fraction of sp³-hybridized carbons (Fsp3) is 0.294. The molecule has 140 valence electrons. The average molecular weight is 380 g/mol. The van der Waals surface area contributed by atoms with E-state index in [4.69, 9.17) is 9.47 Å². The molecule has 0 heterocycles. The van der Waals surface area contributed by atoms with Crippen LogP contribution in [0.3, 0.4) is 0 Å². The molecule has 0 spiro atoms. The molecule has 0 unspecified atom stereocenters. The number of nitro benzene ring substituents is 1. The van der Waals surface area contributed by atoms with Crippen molar-refractivity contribution < 1.29 is 22.8 Å². The van der Waals surface area contributed by atoms with Gasteiger partial charge in [-0.3, -0.25) is 10.1 Å². The topological polar surface area (TPSA) is 99.0 Å². The van der Waals surface area contributed by atoms with Gasteiger partial charge in [-0.15, -0.1) is 0 Å². The molecular formula is C17H20N2O6S. The minimum atomic E-state index is -3.92. The normalized spacial score (nSPS) is 11.4. The lowest BCUT2D eigenvalue weighted by Crippen LogP contribution is -2.26. The zero-order chi connectivity index (χ0) is 19.5. The number of hydrogen-bond donors (Lipinski definition) is 0. The first-order valence-electron chi connectivity index (χ1n) is 7.63. The molecular weight excluding hydrogens is 360 g/mol. The summed E-state index contributed by atoms with van der Waals surface area (Å²) < 4.78 is 37.2. The molecule has 0 aromatic heterocycles. The molecule has 0 amide bonds. The maximum Gasteiger partial charge on any atom is 0.273 e. The monoisotopic (exact) mass is 380 g/mol. The first-order chi connectivity index (χ1) is 12.2. The smallest absolute Gasteiger partial charge is 0.273 e. The van der Waals surface area contributed by atoms with Crippen molar-refractivity contribution in [1.82, 2.24) is 4.31 Å². The Bertz CT molecular complexity index is 927. The van der Waals surface area contributed by atoms with E-state index in [0.29, 0.717) is 22.6 Å². The molecule has 0 bridgehead atoms. The van der Waals surface area contributed by atoms with Crippen molar-refractivity contribution >= 4 is 15.7 Å². The van der Waals surface area contributed by atoms with Crippen LogP contribution < -0.4 is 9.47 Å². The van der Waals surface area contributed by atoms with Crippen LogP contribution in [0.4, 0.5) is 5.69 Å². The van der Waals surface area contributed by atoms with Gasteiger partial charge in [-0.25, -0.2) is 8.42 Å². The van der Waals surface area contributed by atoms with Crippen molar-refractivity contribution in [3.05, 3.63) is 57.6 Å². The summed E-state index contributed by atoms with van der Waals surface area (Å²) in [4.78, 5) is 10.3. The van der Waals surface area contributed by atoms with E-state index >= 15 is 0 Å². The minimum Gasteiger partial charge on any atom is -0.497 e. The molecule has 0 aliphatic carbocycles. The van der Waals surface area contributed by atoms with Gasteiger partial charge >= 0.3 is 0 Å². The van der Waals surface area contributed by atoms with E-state index < -0.39 is 14.9 Å². The Morgan fingerprint density at radius 2 is 1.81 bits per heavy atom. The molecule has 2 aromatic rings. The van der Waals surface area contributed by atoms with E-state index in [-0.39, 0.29) is 17.1 Å². The molecule has 0 aliphatic heterocycles. The lowest BCUT2D eigenvalue weighted by molar-refractivity contribution is -0.385. The Hall–Kier alpha value is -2.65. The molecule has 0 fully saturated rings. The second-order valence-corrected chi connectivity index (χ2v) is 7.69. The molecule has 0 atom stereocenters. The van der Waals surface area contributed by atoms with Gasteiger partial charge in [0.1, 0.15) is 11.5 Å². The molecule has 0 saturated heterocycles. The number of aryl methyl sites for hydroxylation is 1. The summed E-state index contributed by atoms with van der Waals surface area (Å²) in [6.45, 7) is 1.57. The van der Waals surface area contributed by atoms with Crippen molar-refractivity contribution in [3.63, 3.8) is 0 Å². The summed E-state index contributed by atoms with van der Waals surface area (Å²) in [5.41, 5.74) is 0.768. The van der Waals surface area contributed by atoms with Crippen LogP contribution in [0.15, 0.2) is 41.3 Å². The van der Waals surface area contributed by atoms with Crippen molar-refractivity contribution in [1.29, 1.82) is 0 Å². The van der Waals surface area contributed by atoms with Gasteiger partial charge in [0.2, 0.25) is 10.0 Å². The quantitative estimate of drug-likeness (QED) is 0.541. The second-order valence-electron chi connectivity index (χ2n) is 5.64. The van der Waals surface area contributed by atoms with Crippen LogP contribution in [0.2, 0.25) is 0 Å². The standard InChI is InChI=1S/C17H20N2O6S/c1-12-5-7-15(10-16(12)19(20)21)26(22,23)18(2)11-13-9-14(24-3)6-8-17(13)25-4/h5-10H,11H2,1-4H3. The van der Waals surface area contributed by atoms with Gasteiger partial charge in [0.15, 0.2) is 0 Å². The van der Waals surface area contributed by atoms with Gasteiger partial charge in [0, 0.05) is 30.8 Å². The van der Waals surface area contributed by atoms with Crippen LogP contribution in [0, 0.1) is 17.0 Å². The maximum atomic E-state index is 12.8. The van der Waals surface area contributed by atoms with E-state index in [0.717, 1.165) is 10.4 Å². The van der Waals surface area contributed by atoms with Crippen LogP contribution in [-0.2, 0) is 16.6 Å². The number of hydrogen-bond acceptors (Lipinski definition) is 6. The summed E-state index contributed by atoms with van der Waals surface area (Å²) in [6, 6.07) is 8.93. The summed E-state index contributed by atoms with van der Waals surface area (Å²) in [5.74, 6) is 1.08. The molecule has 8 nitrogen and oxygen atoms in total. The number of methoxy groups -OCH3 is 2. The maximum absolute atomic E-state index is 12.8. The van der Waals surface area contributed by atoms with Gasteiger partial charge in [0.05, 0.1) is 24.0 Å². The lowest BCUT2D eigenvalue weighted by Gasteiger charge is -2.19. The fourth-order valence-electron chi connectivity index (χ4n) is 2.46. The zero-order valence-corrected chi connectivity index (χ0v) is 15.7. The van der Waals surface area contributed by atoms with Crippen molar-refractivity contribution in [2.75, 3.05) is 21.3 Å². The third-order valence-electron chi connectivity index (χ3n) is 3.97. The molecule has 2 aromatic carbocycles. The van der Waals surface area contributed by atoms with Gasteiger partial charge < -0.3 is 9.47 Å². The third kappa shape index (κ3) is 3.94. The Labute approximate surface area is 152 Å². The minimum absolute atomic E-state index is 0.0182. The van der Waals surface area contributed by atoms with Gasteiger partial charge in [0.25, 0.3) is 5.69 Å².